The van der Waals surface area contributed by atoms with Gasteiger partial charge in [0.2, 0.25) is 0 Å². The Morgan fingerprint density at radius 1 is 1.33 bits per heavy atom. The van der Waals surface area contributed by atoms with Gasteiger partial charge in [-0.25, -0.2) is 4.98 Å². The topological polar surface area (TPSA) is 77.5 Å². The fourth-order valence-electron chi connectivity index (χ4n) is 1.96. The lowest BCUT2D eigenvalue weighted by Gasteiger charge is -2.10. The van der Waals surface area contributed by atoms with Gasteiger partial charge in [-0.05, 0) is 35.5 Å². The molecule has 0 bridgehead atoms. The number of methoxy groups -OCH3 is 1. The summed E-state index contributed by atoms with van der Waals surface area (Å²) in [7, 11) is 1.53. The van der Waals surface area contributed by atoms with Gasteiger partial charge >= 0.3 is 0 Å². The summed E-state index contributed by atoms with van der Waals surface area (Å²) in [5.41, 5.74) is 0.729. The SMILES string of the molecule is COc1cc(/C=C2/SC(=O)NC2=O)ccc1OCc1cnc(Cl)s1. The minimum atomic E-state index is -0.397. The van der Waals surface area contributed by atoms with E-state index in [2.05, 4.69) is 10.3 Å². The minimum Gasteiger partial charge on any atom is -0.493 e. The Hall–Kier alpha value is -2.03. The predicted octanol–water partition coefficient (Wildman–Crippen LogP) is 3.71. The normalized spacial score (nSPS) is 15.7. The second kappa shape index (κ2) is 7.25. The van der Waals surface area contributed by atoms with E-state index in [1.165, 1.54) is 18.4 Å². The number of benzene rings is 1. The van der Waals surface area contributed by atoms with Crippen molar-refractivity contribution in [3.63, 3.8) is 0 Å². The van der Waals surface area contributed by atoms with Gasteiger partial charge in [0.1, 0.15) is 6.61 Å². The third-order valence-electron chi connectivity index (χ3n) is 3.02. The summed E-state index contributed by atoms with van der Waals surface area (Å²) in [6, 6.07) is 5.26. The van der Waals surface area contributed by atoms with E-state index >= 15 is 0 Å². The molecular formula is C15H11ClN2O4S2. The molecule has 24 heavy (non-hydrogen) atoms. The molecule has 0 atom stereocenters. The van der Waals surface area contributed by atoms with Crippen LogP contribution in [0.4, 0.5) is 4.79 Å². The maximum Gasteiger partial charge on any atom is 0.290 e. The molecule has 1 aromatic carbocycles. The molecule has 1 aliphatic rings. The quantitative estimate of drug-likeness (QED) is 0.794. The van der Waals surface area contributed by atoms with Crippen molar-refractivity contribution in [2.24, 2.45) is 0 Å². The second-order valence-corrected chi connectivity index (χ2v) is 7.34. The first-order valence-corrected chi connectivity index (χ1v) is 8.72. The van der Waals surface area contributed by atoms with Crippen LogP contribution in [0.5, 0.6) is 11.5 Å². The molecule has 2 heterocycles. The van der Waals surface area contributed by atoms with Gasteiger partial charge in [-0.2, -0.15) is 0 Å². The number of hydrogen-bond acceptors (Lipinski definition) is 7. The molecule has 6 nitrogen and oxygen atoms in total. The van der Waals surface area contributed by atoms with Crippen LogP contribution in [0.1, 0.15) is 10.4 Å². The minimum absolute atomic E-state index is 0.327. The first-order chi connectivity index (χ1) is 11.5. The fourth-order valence-corrected chi connectivity index (χ4v) is 3.54. The number of carbonyl (C=O) groups is 2. The van der Waals surface area contributed by atoms with Crippen molar-refractivity contribution in [2.75, 3.05) is 7.11 Å². The molecule has 0 spiro atoms. The van der Waals surface area contributed by atoms with Crippen LogP contribution in [-0.4, -0.2) is 23.2 Å². The average Bonchev–Trinajstić information content (AvgIpc) is 3.11. The van der Waals surface area contributed by atoms with Gasteiger partial charge in [0, 0.05) is 6.20 Å². The molecule has 1 saturated heterocycles. The number of rotatable bonds is 5. The number of halogens is 1. The first-order valence-electron chi connectivity index (χ1n) is 6.71. The number of carbonyl (C=O) groups excluding carboxylic acids is 2. The monoisotopic (exact) mass is 382 g/mol. The van der Waals surface area contributed by atoms with E-state index in [4.69, 9.17) is 21.1 Å². The summed E-state index contributed by atoms with van der Waals surface area (Å²) < 4.78 is 11.5. The largest absolute Gasteiger partial charge is 0.493 e. The van der Waals surface area contributed by atoms with Gasteiger partial charge in [-0.3, -0.25) is 14.9 Å². The Bertz CT molecular complexity index is 835. The van der Waals surface area contributed by atoms with Gasteiger partial charge in [0.15, 0.2) is 16.0 Å². The number of amides is 2. The summed E-state index contributed by atoms with van der Waals surface area (Å²) in [5.74, 6) is 0.685. The Morgan fingerprint density at radius 3 is 2.79 bits per heavy atom. The number of ether oxygens (including phenoxy) is 2. The summed E-state index contributed by atoms with van der Waals surface area (Å²) in [4.78, 5) is 28.0. The third kappa shape index (κ3) is 3.89. The summed E-state index contributed by atoms with van der Waals surface area (Å²) >= 11 is 8.00. The zero-order chi connectivity index (χ0) is 17.1. The molecule has 1 N–H and O–H groups in total. The molecule has 2 aromatic rings. The zero-order valence-electron chi connectivity index (χ0n) is 12.4. The van der Waals surface area contributed by atoms with Crippen LogP contribution in [0.3, 0.4) is 0 Å². The number of aromatic nitrogens is 1. The molecular weight excluding hydrogens is 372 g/mol. The molecule has 1 aromatic heterocycles. The number of nitrogens with zero attached hydrogens (tertiary/aromatic N) is 1. The summed E-state index contributed by atoms with van der Waals surface area (Å²) in [6.45, 7) is 0.327. The van der Waals surface area contributed by atoms with Gasteiger partial charge in [-0.15, -0.1) is 11.3 Å². The van der Waals surface area contributed by atoms with Crippen LogP contribution in [0.2, 0.25) is 4.47 Å². The van der Waals surface area contributed by atoms with Crippen molar-refractivity contribution < 1.29 is 19.1 Å². The lowest BCUT2D eigenvalue weighted by atomic mass is 10.2. The smallest absolute Gasteiger partial charge is 0.290 e. The Kier molecular flexibility index (Phi) is 5.08. The van der Waals surface area contributed by atoms with Gasteiger partial charge in [-0.1, -0.05) is 17.7 Å². The highest BCUT2D eigenvalue weighted by Crippen LogP contribution is 2.32. The van der Waals surface area contributed by atoms with E-state index in [1.807, 2.05) is 0 Å². The number of imide groups is 1. The highest BCUT2D eigenvalue weighted by atomic mass is 35.5. The standard InChI is InChI=1S/C15H11ClN2O4S2/c1-21-11-4-8(5-12-13(19)18-15(20)24-12)2-3-10(11)22-7-9-6-17-14(16)23-9/h2-6H,7H2,1H3,(H,18,19,20)/b12-5+. The maximum atomic E-state index is 11.6. The Labute approximate surface area is 150 Å². The van der Waals surface area contributed by atoms with E-state index in [-0.39, 0.29) is 5.24 Å². The predicted molar refractivity (Wildman–Crippen MR) is 93.6 cm³/mol. The van der Waals surface area contributed by atoms with E-state index in [0.717, 1.165) is 22.2 Å². The van der Waals surface area contributed by atoms with Crippen molar-refractivity contribution in [3.8, 4) is 11.5 Å². The number of thioether (sulfide) groups is 1. The average molecular weight is 383 g/mol. The van der Waals surface area contributed by atoms with Gasteiger partial charge in [0.25, 0.3) is 11.1 Å². The van der Waals surface area contributed by atoms with Gasteiger partial charge in [0.05, 0.1) is 16.9 Å². The number of hydrogen-bond donors (Lipinski definition) is 1. The Balaban J connectivity index is 1.76. The highest BCUT2D eigenvalue weighted by Gasteiger charge is 2.25. The van der Waals surface area contributed by atoms with E-state index in [1.54, 1.807) is 30.5 Å². The third-order valence-corrected chi connectivity index (χ3v) is 4.92. The lowest BCUT2D eigenvalue weighted by molar-refractivity contribution is -0.115. The number of thiazole rings is 1. The molecule has 0 aliphatic carbocycles. The van der Waals surface area contributed by atoms with E-state index in [9.17, 15) is 9.59 Å². The molecule has 0 saturated carbocycles. The van der Waals surface area contributed by atoms with Crippen molar-refractivity contribution in [1.29, 1.82) is 0 Å². The van der Waals surface area contributed by atoms with Crippen molar-refractivity contribution in [1.82, 2.24) is 10.3 Å². The molecule has 1 aliphatic heterocycles. The zero-order valence-corrected chi connectivity index (χ0v) is 14.8. The Morgan fingerprint density at radius 2 is 2.17 bits per heavy atom. The van der Waals surface area contributed by atoms with Crippen LogP contribution >= 0.6 is 34.7 Å². The molecule has 1 fully saturated rings. The first kappa shape index (κ1) is 16.8. The van der Waals surface area contributed by atoms with Crippen LogP contribution in [0, 0.1) is 0 Å². The number of nitrogens with one attached hydrogen (secondary N) is 1. The summed E-state index contributed by atoms with van der Waals surface area (Å²) in [6.07, 6.45) is 3.28. The lowest BCUT2D eigenvalue weighted by Crippen LogP contribution is -2.17. The summed E-state index contributed by atoms with van der Waals surface area (Å²) in [5, 5.41) is 1.84. The van der Waals surface area contributed by atoms with Crippen LogP contribution in [0.15, 0.2) is 29.3 Å². The molecule has 124 valence electrons. The molecule has 3 rings (SSSR count). The van der Waals surface area contributed by atoms with Gasteiger partial charge < -0.3 is 9.47 Å². The molecule has 0 radical (unpaired) electrons. The van der Waals surface area contributed by atoms with Crippen LogP contribution in [-0.2, 0) is 11.4 Å². The van der Waals surface area contributed by atoms with Crippen molar-refractivity contribution in [2.45, 2.75) is 6.61 Å². The van der Waals surface area contributed by atoms with Crippen LogP contribution in [0.25, 0.3) is 6.08 Å². The van der Waals surface area contributed by atoms with Crippen LogP contribution < -0.4 is 14.8 Å². The highest BCUT2D eigenvalue weighted by molar-refractivity contribution is 8.18. The maximum absolute atomic E-state index is 11.6. The van der Waals surface area contributed by atoms with E-state index in [0.29, 0.717) is 27.5 Å². The molecule has 9 heteroatoms. The fraction of sp³-hybridized carbons (Fsp3) is 0.133. The second-order valence-electron chi connectivity index (χ2n) is 4.63. The van der Waals surface area contributed by atoms with Crippen molar-refractivity contribution >= 4 is 51.9 Å². The van der Waals surface area contributed by atoms with Crippen molar-refractivity contribution in [3.05, 3.63) is 44.2 Å². The molecule has 2 amide bonds. The molecule has 0 unspecified atom stereocenters. The van der Waals surface area contributed by atoms with E-state index < -0.39 is 5.91 Å².